The number of rotatable bonds is 5. The van der Waals surface area contributed by atoms with E-state index in [1.807, 2.05) is 17.9 Å². The molecule has 0 radical (unpaired) electrons. The van der Waals surface area contributed by atoms with Crippen LogP contribution in [0.5, 0.6) is 0 Å². The largest absolute Gasteiger partial charge is 0.356 e. The van der Waals surface area contributed by atoms with Crippen LogP contribution in [0, 0.1) is 12.7 Å². The molecule has 4 rings (SSSR count). The maximum Gasteiger partial charge on any atom is 0.227 e. The average molecular weight is 420 g/mol. The van der Waals surface area contributed by atoms with E-state index in [-0.39, 0.29) is 11.3 Å². The molecule has 1 aromatic carbocycles. The van der Waals surface area contributed by atoms with Crippen LogP contribution >= 0.6 is 0 Å². The third-order valence-corrected chi connectivity index (χ3v) is 7.30. The van der Waals surface area contributed by atoms with E-state index in [1.165, 1.54) is 29.3 Å². The number of piperazine rings is 1. The number of nitrogens with zero attached hydrogens (tertiary/aromatic N) is 5. The molecule has 0 atom stereocenters. The highest BCUT2D eigenvalue weighted by Gasteiger charge is 2.29. The van der Waals surface area contributed by atoms with Gasteiger partial charge in [-0.1, -0.05) is 18.2 Å². The van der Waals surface area contributed by atoms with Crippen molar-refractivity contribution in [2.24, 2.45) is 0 Å². The Bertz CT molecular complexity index is 971. The van der Waals surface area contributed by atoms with Gasteiger partial charge in [0.15, 0.2) is 0 Å². The van der Waals surface area contributed by atoms with Gasteiger partial charge >= 0.3 is 0 Å². The third kappa shape index (κ3) is 4.51. The zero-order valence-corrected chi connectivity index (χ0v) is 17.4. The summed E-state index contributed by atoms with van der Waals surface area (Å²) < 4.78 is 40.8. The van der Waals surface area contributed by atoms with Crippen LogP contribution < -0.4 is 9.80 Å². The van der Waals surface area contributed by atoms with Gasteiger partial charge in [0.2, 0.25) is 16.0 Å². The van der Waals surface area contributed by atoms with Crippen LogP contribution in [0.2, 0.25) is 0 Å². The Labute approximate surface area is 171 Å². The highest BCUT2D eigenvalue weighted by molar-refractivity contribution is 7.88. The zero-order chi connectivity index (χ0) is 20.4. The molecular weight excluding hydrogens is 393 g/mol. The summed E-state index contributed by atoms with van der Waals surface area (Å²) in [5, 5.41) is 0. The van der Waals surface area contributed by atoms with E-state index in [0.29, 0.717) is 32.1 Å². The van der Waals surface area contributed by atoms with Crippen molar-refractivity contribution in [3.05, 3.63) is 47.4 Å². The number of hydrogen-bond acceptors (Lipinski definition) is 6. The quantitative estimate of drug-likeness (QED) is 0.740. The molecule has 2 aliphatic heterocycles. The van der Waals surface area contributed by atoms with Crippen LogP contribution in [0.1, 0.15) is 24.1 Å². The molecule has 1 aromatic heterocycles. The molecule has 0 N–H and O–H groups in total. The lowest BCUT2D eigenvalue weighted by molar-refractivity contribution is 0.381. The Balaban J connectivity index is 1.43. The maximum absolute atomic E-state index is 13.9. The Morgan fingerprint density at radius 3 is 2.34 bits per heavy atom. The standard InChI is InChI=1S/C20H26FN5O2S/c1-16-14-19(24-8-4-5-9-24)23-20(22-16)25-10-12-26(13-11-25)29(27,28)15-17-6-2-3-7-18(17)21/h2-3,6-7,14H,4-5,8-13,15H2,1H3. The van der Waals surface area contributed by atoms with Gasteiger partial charge in [0, 0.05) is 56.6 Å². The molecule has 2 aromatic rings. The molecule has 7 nitrogen and oxygen atoms in total. The summed E-state index contributed by atoms with van der Waals surface area (Å²) in [5.74, 6) is 0.787. The van der Waals surface area contributed by atoms with Crippen LogP contribution in [0.4, 0.5) is 16.2 Å². The second kappa shape index (κ2) is 8.23. The minimum atomic E-state index is -3.58. The molecule has 29 heavy (non-hydrogen) atoms. The number of sulfonamides is 1. The van der Waals surface area contributed by atoms with Crippen molar-refractivity contribution >= 4 is 21.8 Å². The van der Waals surface area contributed by atoms with Crippen LogP contribution in [0.15, 0.2) is 30.3 Å². The predicted octanol–water partition coefficient (Wildman–Crippen LogP) is 2.18. The van der Waals surface area contributed by atoms with Crippen LogP contribution in [0.3, 0.4) is 0 Å². The molecule has 0 saturated carbocycles. The van der Waals surface area contributed by atoms with Crippen molar-refractivity contribution in [2.75, 3.05) is 49.1 Å². The highest BCUT2D eigenvalue weighted by atomic mass is 32.2. The summed E-state index contributed by atoms with van der Waals surface area (Å²) in [6.07, 6.45) is 2.36. The highest BCUT2D eigenvalue weighted by Crippen LogP contribution is 2.23. The van der Waals surface area contributed by atoms with E-state index in [1.54, 1.807) is 12.1 Å². The van der Waals surface area contributed by atoms with Gasteiger partial charge in [0.25, 0.3) is 0 Å². The third-order valence-electron chi connectivity index (χ3n) is 5.47. The van der Waals surface area contributed by atoms with Gasteiger partial charge in [-0.05, 0) is 25.8 Å². The molecule has 0 unspecified atom stereocenters. The number of aryl methyl sites for hydroxylation is 1. The lowest BCUT2D eigenvalue weighted by atomic mass is 10.2. The van der Waals surface area contributed by atoms with Crippen LogP contribution in [-0.4, -0.2) is 62.0 Å². The van der Waals surface area contributed by atoms with Crippen LogP contribution in [-0.2, 0) is 15.8 Å². The fraction of sp³-hybridized carbons (Fsp3) is 0.500. The van der Waals surface area contributed by atoms with E-state index in [4.69, 9.17) is 4.98 Å². The summed E-state index contributed by atoms with van der Waals surface area (Å²) >= 11 is 0. The summed E-state index contributed by atoms with van der Waals surface area (Å²) in [6.45, 7) is 5.69. The first-order valence-electron chi connectivity index (χ1n) is 9.99. The molecule has 0 aliphatic carbocycles. The number of hydrogen-bond donors (Lipinski definition) is 0. The average Bonchev–Trinajstić information content (AvgIpc) is 3.24. The van der Waals surface area contributed by atoms with Gasteiger partial charge in [0.05, 0.1) is 5.75 Å². The normalized spacial score (nSPS) is 18.4. The van der Waals surface area contributed by atoms with Gasteiger partial charge in [-0.3, -0.25) is 0 Å². The summed E-state index contributed by atoms with van der Waals surface area (Å²) in [7, 11) is -3.58. The van der Waals surface area contributed by atoms with Gasteiger partial charge in [-0.25, -0.2) is 17.8 Å². The Morgan fingerprint density at radius 1 is 0.966 bits per heavy atom. The SMILES string of the molecule is Cc1cc(N2CCCC2)nc(N2CCN(S(=O)(=O)Cc3ccccc3F)CC2)n1. The van der Waals surface area contributed by atoms with Crippen molar-refractivity contribution < 1.29 is 12.8 Å². The summed E-state index contributed by atoms with van der Waals surface area (Å²) in [5.41, 5.74) is 1.11. The molecule has 2 saturated heterocycles. The maximum atomic E-state index is 13.9. The van der Waals surface area contributed by atoms with E-state index < -0.39 is 15.8 Å². The minimum absolute atomic E-state index is 0.201. The van der Waals surface area contributed by atoms with E-state index in [0.717, 1.165) is 24.6 Å². The van der Waals surface area contributed by atoms with Crippen molar-refractivity contribution in [3.63, 3.8) is 0 Å². The van der Waals surface area contributed by atoms with Gasteiger partial charge < -0.3 is 9.80 Å². The Kier molecular flexibility index (Phi) is 5.69. The molecule has 0 spiro atoms. The smallest absolute Gasteiger partial charge is 0.227 e. The van der Waals surface area contributed by atoms with Crippen LogP contribution in [0.25, 0.3) is 0 Å². The minimum Gasteiger partial charge on any atom is -0.356 e. The van der Waals surface area contributed by atoms with E-state index in [2.05, 4.69) is 9.88 Å². The summed E-state index contributed by atoms with van der Waals surface area (Å²) in [4.78, 5) is 13.6. The molecule has 0 amide bonds. The van der Waals surface area contributed by atoms with E-state index in [9.17, 15) is 12.8 Å². The van der Waals surface area contributed by atoms with Crippen molar-refractivity contribution in [1.82, 2.24) is 14.3 Å². The Morgan fingerprint density at radius 2 is 1.66 bits per heavy atom. The molecule has 3 heterocycles. The first-order valence-corrected chi connectivity index (χ1v) is 11.6. The zero-order valence-electron chi connectivity index (χ0n) is 16.6. The van der Waals surface area contributed by atoms with Gasteiger partial charge in [-0.2, -0.15) is 9.29 Å². The first-order chi connectivity index (χ1) is 13.9. The van der Waals surface area contributed by atoms with Gasteiger partial charge in [0.1, 0.15) is 11.6 Å². The van der Waals surface area contributed by atoms with Crippen molar-refractivity contribution in [1.29, 1.82) is 0 Å². The molecular formula is C20H26FN5O2S. The molecule has 0 bridgehead atoms. The lowest BCUT2D eigenvalue weighted by Gasteiger charge is -2.34. The molecule has 2 aliphatic rings. The van der Waals surface area contributed by atoms with Crippen molar-refractivity contribution in [2.45, 2.75) is 25.5 Å². The molecule has 156 valence electrons. The topological polar surface area (TPSA) is 69.6 Å². The predicted molar refractivity (Wildman–Crippen MR) is 111 cm³/mol. The molecule has 2 fully saturated rings. The Hall–Kier alpha value is -2.26. The number of benzene rings is 1. The second-order valence-electron chi connectivity index (χ2n) is 7.60. The fourth-order valence-corrected chi connectivity index (χ4v) is 5.39. The lowest BCUT2D eigenvalue weighted by Crippen LogP contribution is -2.49. The number of halogens is 1. The first kappa shape index (κ1) is 20.0. The summed E-state index contributed by atoms with van der Waals surface area (Å²) in [6, 6.07) is 8.02. The fourth-order valence-electron chi connectivity index (χ4n) is 3.86. The number of anilines is 2. The monoisotopic (exact) mass is 419 g/mol. The van der Waals surface area contributed by atoms with Crippen molar-refractivity contribution in [3.8, 4) is 0 Å². The van der Waals surface area contributed by atoms with E-state index >= 15 is 0 Å². The molecule has 9 heteroatoms. The number of aromatic nitrogens is 2. The van der Waals surface area contributed by atoms with Gasteiger partial charge in [-0.15, -0.1) is 0 Å². The second-order valence-corrected chi connectivity index (χ2v) is 9.56.